The van der Waals surface area contributed by atoms with Gasteiger partial charge in [-0.2, -0.15) is 13.2 Å². The lowest BCUT2D eigenvalue weighted by atomic mass is 9.92. The van der Waals surface area contributed by atoms with E-state index in [2.05, 4.69) is 0 Å². The molecule has 0 amide bonds. The van der Waals surface area contributed by atoms with Gasteiger partial charge in [0.1, 0.15) is 17.7 Å². The molecule has 0 radical (unpaired) electrons. The van der Waals surface area contributed by atoms with Crippen molar-refractivity contribution in [2.45, 2.75) is 39.5 Å². The van der Waals surface area contributed by atoms with E-state index in [1.54, 1.807) is 13.0 Å². The zero-order chi connectivity index (χ0) is 17.5. The fraction of sp³-hybridized carbons (Fsp3) is 0.368. The van der Waals surface area contributed by atoms with Gasteiger partial charge in [0.2, 0.25) is 0 Å². The topological polar surface area (TPSA) is 35.2 Å². The summed E-state index contributed by atoms with van der Waals surface area (Å²) in [4.78, 5) is 0. The Labute approximate surface area is 144 Å². The summed E-state index contributed by atoms with van der Waals surface area (Å²) < 4.78 is 60.0. The van der Waals surface area contributed by atoms with Crippen LogP contribution in [-0.4, -0.2) is 12.6 Å². The number of halogens is 4. The maximum atomic E-state index is 14.0. The van der Waals surface area contributed by atoms with E-state index in [0.29, 0.717) is 29.7 Å². The number of fused-ring (bicyclic) bond motifs is 1. The average Bonchev–Trinajstić information content (AvgIpc) is 2.53. The molecule has 1 atom stereocenters. The summed E-state index contributed by atoms with van der Waals surface area (Å²) in [6, 6.07) is 6.41. The molecule has 2 aromatic rings. The number of rotatable bonds is 2. The first-order valence-corrected chi connectivity index (χ1v) is 7.67. The summed E-state index contributed by atoms with van der Waals surface area (Å²) in [6.07, 6.45) is -3.68. The van der Waals surface area contributed by atoms with Crippen molar-refractivity contribution in [2.24, 2.45) is 5.73 Å². The minimum absolute atomic E-state index is 0. The standard InChI is InChI=1S/C18H17F4NO.CH4/c1-10-2-5-14(16(6-10)18(20,21)22)15-8-12(19)7-11-3-4-13(9-23)24-17(11)15;/h2,5-8,13H,3-4,9,23H2,1H3;1H4/t13-;/m1./s1. The Bertz CT molecular complexity index is 771. The van der Waals surface area contributed by atoms with Gasteiger partial charge in [-0.25, -0.2) is 4.39 Å². The third-order valence-electron chi connectivity index (χ3n) is 4.18. The van der Waals surface area contributed by atoms with Crippen LogP contribution in [-0.2, 0) is 12.6 Å². The number of ether oxygens (including phenoxy) is 1. The molecule has 2 aromatic carbocycles. The van der Waals surface area contributed by atoms with E-state index in [4.69, 9.17) is 10.5 Å². The highest BCUT2D eigenvalue weighted by atomic mass is 19.4. The number of hydrogen-bond acceptors (Lipinski definition) is 2. The average molecular weight is 355 g/mol. The molecular formula is C19H21F4NO. The van der Waals surface area contributed by atoms with Crippen molar-refractivity contribution < 1.29 is 22.3 Å². The second kappa shape index (κ2) is 7.04. The molecule has 2 nitrogen and oxygen atoms in total. The first kappa shape index (κ1) is 19.2. The Balaban J connectivity index is 0.00000225. The van der Waals surface area contributed by atoms with Crippen LogP contribution in [0.15, 0.2) is 30.3 Å². The molecule has 0 saturated heterocycles. The molecule has 2 N–H and O–H groups in total. The smallest absolute Gasteiger partial charge is 0.417 e. The third-order valence-corrected chi connectivity index (χ3v) is 4.18. The molecule has 1 aliphatic heterocycles. The Hall–Kier alpha value is -2.08. The summed E-state index contributed by atoms with van der Waals surface area (Å²) in [6.45, 7) is 1.84. The summed E-state index contributed by atoms with van der Waals surface area (Å²) in [5.74, 6) is -0.278. The number of hydrogen-bond donors (Lipinski definition) is 1. The second-order valence-corrected chi connectivity index (χ2v) is 6.00. The monoisotopic (exact) mass is 355 g/mol. The van der Waals surface area contributed by atoms with Gasteiger partial charge in [0.15, 0.2) is 0 Å². The maximum absolute atomic E-state index is 14.0. The van der Waals surface area contributed by atoms with Gasteiger partial charge in [0.25, 0.3) is 0 Å². The molecule has 0 spiro atoms. The zero-order valence-electron chi connectivity index (χ0n) is 13.1. The van der Waals surface area contributed by atoms with Gasteiger partial charge >= 0.3 is 6.18 Å². The van der Waals surface area contributed by atoms with Crippen molar-refractivity contribution >= 4 is 0 Å². The highest BCUT2D eigenvalue weighted by molar-refractivity contribution is 5.76. The van der Waals surface area contributed by atoms with Crippen LogP contribution in [0.5, 0.6) is 5.75 Å². The normalized spacial score (nSPS) is 16.6. The Kier molecular flexibility index (Phi) is 5.42. The third kappa shape index (κ3) is 3.79. The van der Waals surface area contributed by atoms with Crippen molar-refractivity contribution in [3.05, 3.63) is 52.8 Å². The van der Waals surface area contributed by atoms with Gasteiger partial charge in [-0.05, 0) is 49.1 Å². The van der Waals surface area contributed by atoms with Crippen molar-refractivity contribution in [1.29, 1.82) is 0 Å². The molecule has 0 unspecified atom stereocenters. The van der Waals surface area contributed by atoms with E-state index in [0.717, 1.165) is 12.1 Å². The molecular weight excluding hydrogens is 334 g/mol. The molecule has 0 fully saturated rings. The quantitative estimate of drug-likeness (QED) is 0.760. The van der Waals surface area contributed by atoms with Crippen LogP contribution in [0.25, 0.3) is 11.1 Å². The van der Waals surface area contributed by atoms with Crippen molar-refractivity contribution in [2.75, 3.05) is 6.54 Å². The molecule has 1 heterocycles. The summed E-state index contributed by atoms with van der Waals surface area (Å²) >= 11 is 0. The van der Waals surface area contributed by atoms with Gasteiger partial charge in [-0.15, -0.1) is 0 Å². The van der Waals surface area contributed by atoms with Crippen LogP contribution in [0.1, 0.15) is 30.5 Å². The summed E-state index contributed by atoms with van der Waals surface area (Å²) in [5.41, 5.74) is 5.92. The molecule has 0 aliphatic carbocycles. The summed E-state index contributed by atoms with van der Waals surface area (Å²) in [7, 11) is 0. The molecule has 6 heteroatoms. The van der Waals surface area contributed by atoms with E-state index in [1.165, 1.54) is 12.1 Å². The van der Waals surface area contributed by atoms with E-state index < -0.39 is 17.6 Å². The minimum atomic E-state index is -4.54. The van der Waals surface area contributed by atoms with E-state index in [1.807, 2.05) is 0 Å². The van der Waals surface area contributed by atoms with Crippen LogP contribution >= 0.6 is 0 Å². The lowest BCUT2D eigenvalue weighted by Crippen LogP contribution is -2.30. The molecule has 25 heavy (non-hydrogen) atoms. The zero-order valence-corrected chi connectivity index (χ0v) is 13.1. The van der Waals surface area contributed by atoms with Gasteiger partial charge in [0.05, 0.1) is 5.56 Å². The highest BCUT2D eigenvalue weighted by Gasteiger charge is 2.35. The Morgan fingerprint density at radius 2 is 1.88 bits per heavy atom. The molecule has 1 aliphatic rings. The second-order valence-electron chi connectivity index (χ2n) is 6.00. The van der Waals surface area contributed by atoms with Crippen LogP contribution in [0.2, 0.25) is 0 Å². The van der Waals surface area contributed by atoms with Gasteiger partial charge in [0, 0.05) is 12.1 Å². The number of nitrogens with two attached hydrogens (primary N) is 1. The van der Waals surface area contributed by atoms with Crippen molar-refractivity contribution in [1.82, 2.24) is 0 Å². The predicted octanol–water partition coefficient (Wildman–Crippen LogP) is 5.11. The maximum Gasteiger partial charge on any atom is 0.417 e. The van der Waals surface area contributed by atoms with E-state index in [9.17, 15) is 17.6 Å². The predicted molar refractivity (Wildman–Crippen MR) is 90.1 cm³/mol. The molecule has 0 bridgehead atoms. The van der Waals surface area contributed by atoms with Gasteiger partial charge in [-0.3, -0.25) is 0 Å². The largest absolute Gasteiger partial charge is 0.488 e. The lowest BCUT2D eigenvalue weighted by Gasteiger charge is -2.28. The summed E-state index contributed by atoms with van der Waals surface area (Å²) in [5, 5.41) is 0. The Morgan fingerprint density at radius 3 is 2.52 bits per heavy atom. The van der Waals surface area contributed by atoms with Crippen LogP contribution in [0, 0.1) is 12.7 Å². The van der Waals surface area contributed by atoms with Crippen LogP contribution in [0.4, 0.5) is 17.6 Å². The van der Waals surface area contributed by atoms with Crippen molar-refractivity contribution in [3.8, 4) is 16.9 Å². The fourth-order valence-electron chi connectivity index (χ4n) is 3.01. The SMILES string of the molecule is C.Cc1ccc(-c2cc(F)cc3c2O[C@@H](CN)CC3)c(C(F)(F)F)c1. The van der Waals surface area contributed by atoms with Crippen LogP contribution < -0.4 is 10.5 Å². The molecule has 3 rings (SSSR count). The first-order valence-electron chi connectivity index (χ1n) is 7.67. The first-order chi connectivity index (χ1) is 11.3. The molecule has 136 valence electrons. The van der Waals surface area contributed by atoms with Crippen molar-refractivity contribution in [3.63, 3.8) is 0 Å². The van der Waals surface area contributed by atoms with Crippen LogP contribution in [0.3, 0.4) is 0 Å². The minimum Gasteiger partial charge on any atom is -0.488 e. The highest BCUT2D eigenvalue weighted by Crippen LogP contribution is 2.44. The van der Waals surface area contributed by atoms with Gasteiger partial charge in [-0.1, -0.05) is 25.1 Å². The van der Waals surface area contributed by atoms with E-state index >= 15 is 0 Å². The Morgan fingerprint density at radius 1 is 1.16 bits per heavy atom. The van der Waals surface area contributed by atoms with E-state index in [-0.39, 0.29) is 31.2 Å². The number of alkyl halides is 3. The number of aryl methyl sites for hydroxylation is 2. The lowest BCUT2D eigenvalue weighted by molar-refractivity contribution is -0.137. The fourth-order valence-corrected chi connectivity index (χ4v) is 3.01. The van der Waals surface area contributed by atoms with Gasteiger partial charge < -0.3 is 10.5 Å². The number of benzene rings is 2. The molecule has 0 saturated carbocycles. The molecule has 0 aromatic heterocycles.